The van der Waals surface area contributed by atoms with E-state index in [1.54, 1.807) is 24.2 Å². The van der Waals surface area contributed by atoms with Crippen LogP contribution in [0.1, 0.15) is 16.7 Å². The normalized spacial score (nSPS) is 15.3. The summed E-state index contributed by atoms with van der Waals surface area (Å²) in [6.07, 6.45) is 3.46. The van der Waals surface area contributed by atoms with Gasteiger partial charge in [0, 0.05) is 36.9 Å². The molecule has 0 spiro atoms. The molecule has 1 N–H and O–H groups in total. The Hall–Kier alpha value is -2.37. The lowest BCUT2D eigenvalue weighted by Gasteiger charge is -2.21. The molecule has 2 aromatic carbocycles. The molecule has 0 radical (unpaired) electrons. The van der Waals surface area contributed by atoms with Gasteiger partial charge in [0.2, 0.25) is 0 Å². The minimum atomic E-state index is 0.848. The van der Waals surface area contributed by atoms with Crippen molar-refractivity contribution in [3.63, 3.8) is 0 Å². The molecule has 3 heterocycles. The highest BCUT2D eigenvalue weighted by atomic mass is 32.2. The second-order valence-electron chi connectivity index (χ2n) is 6.18. The summed E-state index contributed by atoms with van der Waals surface area (Å²) in [5, 5.41) is 4.35. The standard InChI is InChI=1S/C19H16N4S/c1-2-4-15-12-23(11-14(15)3-1)10-13-5-6-17-16(9-13)22-18-19(24-17)21-8-7-20-18/h1-9H,10-12H2,(H,20,22). The maximum absolute atomic E-state index is 4.38. The van der Waals surface area contributed by atoms with Crippen molar-refractivity contribution in [2.45, 2.75) is 29.6 Å². The Kier molecular flexibility index (Phi) is 3.28. The smallest absolute Gasteiger partial charge is 0.163 e. The van der Waals surface area contributed by atoms with Crippen molar-refractivity contribution in [1.82, 2.24) is 14.9 Å². The fourth-order valence-electron chi connectivity index (χ4n) is 3.35. The molecule has 2 aliphatic rings. The highest BCUT2D eigenvalue weighted by Crippen LogP contribution is 2.42. The Morgan fingerprint density at radius 2 is 1.79 bits per heavy atom. The van der Waals surface area contributed by atoms with Crippen molar-refractivity contribution in [2.75, 3.05) is 5.32 Å². The molecule has 2 aliphatic heterocycles. The van der Waals surface area contributed by atoms with Gasteiger partial charge in [-0.1, -0.05) is 42.1 Å². The van der Waals surface area contributed by atoms with Gasteiger partial charge in [0.1, 0.15) is 5.03 Å². The minimum absolute atomic E-state index is 0.848. The van der Waals surface area contributed by atoms with Gasteiger partial charge in [-0.2, -0.15) is 0 Å². The number of rotatable bonds is 2. The number of benzene rings is 2. The zero-order chi connectivity index (χ0) is 15.9. The van der Waals surface area contributed by atoms with Crippen LogP contribution in [0.5, 0.6) is 0 Å². The van der Waals surface area contributed by atoms with Crippen LogP contribution in [0, 0.1) is 0 Å². The van der Waals surface area contributed by atoms with Crippen molar-refractivity contribution in [1.29, 1.82) is 0 Å². The molecule has 0 saturated carbocycles. The molecule has 0 aliphatic carbocycles. The molecule has 0 unspecified atom stereocenters. The molecule has 0 amide bonds. The van der Waals surface area contributed by atoms with Gasteiger partial charge < -0.3 is 5.32 Å². The predicted molar refractivity (Wildman–Crippen MR) is 95.3 cm³/mol. The summed E-state index contributed by atoms with van der Waals surface area (Å²) in [6, 6.07) is 15.4. The first kappa shape index (κ1) is 14.0. The third-order valence-corrected chi connectivity index (χ3v) is 5.55. The van der Waals surface area contributed by atoms with Gasteiger partial charge in [0.05, 0.1) is 5.69 Å². The van der Waals surface area contributed by atoms with Crippen molar-refractivity contribution in [3.8, 4) is 0 Å². The van der Waals surface area contributed by atoms with Crippen LogP contribution in [0.3, 0.4) is 0 Å². The quantitative estimate of drug-likeness (QED) is 0.596. The summed E-state index contributed by atoms with van der Waals surface area (Å²) in [5.74, 6) is 0.848. The summed E-state index contributed by atoms with van der Waals surface area (Å²) < 4.78 is 0. The monoisotopic (exact) mass is 332 g/mol. The van der Waals surface area contributed by atoms with Gasteiger partial charge in [-0.3, -0.25) is 4.90 Å². The average Bonchev–Trinajstić information content (AvgIpc) is 3.02. The van der Waals surface area contributed by atoms with Gasteiger partial charge in [0.25, 0.3) is 0 Å². The van der Waals surface area contributed by atoms with E-state index in [0.29, 0.717) is 0 Å². The maximum atomic E-state index is 4.38. The molecule has 0 saturated heterocycles. The summed E-state index contributed by atoms with van der Waals surface area (Å²) in [5.41, 5.74) is 5.35. The van der Waals surface area contributed by atoms with Crippen LogP contribution in [0.15, 0.2) is 64.8 Å². The van der Waals surface area contributed by atoms with E-state index >= 15 is 0 Å². The zero-order valence-electron chi connectivity index (χ0n) is 13.1. The van der Waals surface area contributed by atoms with Gasteiger partial charge in [0.15, 0.2) is 5.82 Å². The van der Waals surface area contributed by atoms with E-state index in [0.717, 1.165) is 36.2 Å². The lowest BCUT2D eigenvalue weighted by atomic mass is 10.1. The van der Waals surface area contributed by atoms with Gasteiger partial charge >= 0.3 is 0 Å². The van der Waals surface area contributed by atoms with Crippen molar-refractivity contribution < 1.29 is 0 Å². The summed E-state index contributed by atoms with van der Waals surface area (Å²) in [6.45, 7) is 3.02. The second kappa shape index (κ2) is 5.61. The van der Waals surface area contributed by atoms with E-state index in [2.05, 4.69) is 62.6 Å². The third-order valence-electron chi connectivity index (χ3n) is 4.48. The fourth-order valence-corrected chi connectivity index (χ4v) is 4.23. The number of fused-ring (bicyclic) bond motifs is 3. The lowest BCUT2D eigenvalue weighted by Crippen LogP contribution is -2.16. The molecule has 1 aromatic heterocycles. The summed E-state index contributed by atoms with van der Waals surface area (Å²) in [7, 11) is 0. The molecule has 5 heteroatoms. The Labute approximate surface area is 145 Å². The Morgan fingerprint density at radius 1 is 1.00 bits per heavy atom. The molecule has 0 bridgehead atoms. The van der Waals surface area contributed by atoms with E-state index in [4.69, 9.17) is 0 Å². The summed E-state index contributed by atoms with van der Waals surface area (Å²) >= 11 is 1.67. The molecular weight excluding hydrogens is 316 g/mol. The number of hydrogen-bond donors (Lipinski definition) is 1. The molecule has 4 nitrogen and oxygen atoms in total. The topological polar surface area (TPSA) is 41.0 Å². The van der Waals surface area contributed by atoms with E-state index < -0.39 is 0 Å². The van der Waals surface area contributed by atoms with Crippen LogP contribution in [0.4, 0.5) is 11.5 Å². The predicted octanol–water partition coefficient (Wildman–Crippen LogP) is 4.20. The third kappa shape index (κ3) is 2.46. The molecule has 0 atom stereocenters. The number of hydrogen-bond acceptors (Lipinski definition) is 5. The molecule has 3 aromatic rings. The van der Waals surface area contributed by atoms with Crippen LogP contribution in [-0.4, -0.2) is 14.9 Å². The van der Waals surface area contributed by atoms with Crippen LogP contribution in [0.2, 0.25) is 0 Å². The second-order valence-corrected chi connectivity index (χ2v) is 7.21. The molecule has 118 valence electrons. The summed E-state index contributed by atoms with van der Waals surface area (Å²) in [4.78, 5) is 12.4. The molecular formula is C19H16N4S. The van der Waals surface area contributed by atoms with E-state index in [1.807, 2.05) is 0 Å². The first-order chi connectivity index (χ1) is 11.8. The van der Waals surface area contributed by atoms with Crippen molar-refractivity contribution in [2.24, 2.45) is 0 Å². The van der Waals surface area contributed by atoms with E-state index in [9.17, 15) is 0 Å². The molecule has 24 heavy (non-hydrogen) atoms. The lowest BCUT2D eigenvalue weighted by molar-refractivity contribution is 0.275. The van der Waals surface area contributed by atoms with Gasteiger partial charge in [-0.15, -0.1) is 0 Å². The number of anilines is 2. The van der Waals surface area contributed by atoms with Crippen molar-refractivity contribution in [3.05, 3.63) is 71.5 Å². The highest BCUT2D eigenvalue weighted by molar-refractivity contribution is 7.99. The highest BCUT2D eigenvalue weighted by Gasteiger charge is 2.20. The Bertz CT molecular complexity index is 900. The van der Waals surface area contributed by atoms with Crippen LogP contribution >= 0.6 is 11.8 Å². The van der Waals surface area contributed by atoms with Crippen LogP contribution in [-0.2, 0) is 19.6 Å². The van der Waals surface area contributed by atoms with Gasteiger partial charge in [-0.05, 0) is 28.8 Å². The van der Waals surface area contributed by atoms with E-state index in [1.165, 1.54) is 21.6 Å². The number of nitrogens with zero attached hydrogens (tertiary/aromatic N) is 3. The van der Waals surface area contributed by atoms with Gasteiger partial charge in [-0.25, -0.2) is 9.97 Å². The Balaban J connectivity index is 1.36. The largest absolute Gasteiger partial charge is 0.337 e. The minimum Gasteiger partial charge on any atom is -0.337 e. The first-order valence-corrected chi connectivity index (χ1v) is 8.85. The van der Waals surface area contributed by atoms with Crippen LogP contribution < -0.4 is 5.32 Å². The molecule has 5 rings (SSSR count). The van der Waals surface area contributed by atoms with E-state index in [-0.39, 0.29) is 0 Å². The SMILES string of the molecule is c1ccc2c(c1)CN(Cc1ccc3c(c1)Nc1nccnc1S3)C2. The van der Waals surface area contributed by atoms with Crippen molar-refractivity contribution >= 4 is 23.3 Å². The van der Waals surface area contributed by atoms with Crippen LogP contribution in [0.25, 0.3) is 0 Å². The molecule has 0 fully saturated rings. The Morgan fingerprint density at radius 3 is 2.62 bits per heavy atom. The average molecular weight is 332 g/mol. The first-order valence-electron chi connectivity index (χ1n) is 8.03. The number of nitrogens with one attached hydrogen (secondary N) is 1. The zero-order valence-corrected chi connectivity index (χ0v) is 13.9. The number of aromatic nitrogens is 2. The fraction of sp³-hybridized carbons (Fsp3) is 0.158. The maximum Gasteiger partial charge on any atom is 0.163 e.